The number of hydrogen-bond acceptors (Lipinski definition) is 5. The number of para-hydroxylation sites is 1. The van der Waals surface area contributed by atoms with E-state index in [9.17, 15) is 13.2 Å². The van der Waals surface area contributed by atoms with Crippen molar-refractivity contribution in [1.82, 2.24) is 24.5 Å². The summed E-state index contributed by atoms with van der Waals surface area (Å²) in [6.45, 7) is 0.185. The Morgan fingerprint density at radius 1 is 1.25 bits per heavy atom. The average molecular weight is 295 g/mol. The van der Waals surface area contributed by atoms with E-state index in [0.717, 1.165) is 0 Å². The van der Waals surface area contributed by atoms with Crippen LogP contribution in [0.3, 0.4) is 0 Å². The minimum Gasteiger partial charge on any atom is -0.244 e. The number of sulfonamides is 1. The van der Waals surface area contributed by atoms with Crippen molar-refractivity contribution in [3.8, 4) is 5.69 Å². The SMILES string of the molecule is O=c1n(CC2CCS(=O)(=O)N2)nnn1-c1ccccc1. The first-order valence-corrected chi connectivity index (χ1v) is 7.79. The van der Waals surface area contributed by atoms with E-state index in [1.807, 2.05) is 6.07 Å². The van der Waals surface area contributed by atoms with Crippen molar-refractivity contribution in [3.63, 3.8) is 0 Å². The molecule has 0 bridgehead atoms. The number of nitrogens with one attached hydrogen (secondary N) is 1. The first-order valence-electron chi connectivity index (χ1n) is 6.13. The highest BCUT2D eigenvalue weighted by atomic mass is 32.2. The van der Waals surface area contributed by atoms with Gasteiger partial charge in [-0.3, -0.25) is 0 Å². The van der Waals surface area contributed by atoms with Gasteiger partial charge in [0, 0.05) is 6.04 Å². The molecule has 20 heavy (non-hydrogen) atoms. The van der Waals surface area contributed by atoms with Gasteiger partial charge in [-0.2, -0.15) is 9.36 Å². The Morgan fingerprint density at radius 2 is 2.00 bits per heavy atom. The summed E-state index contributed by atoms with van der Waals surface area (Å²) >= 11 is 0. The molecule has 3 rings (SSSR count). The zero-order valence-corrected chi connectivity index (χ0v) is 11.3. The van der Waals surface area contributed by atoms with Crippen molar-refractivity contribution in [3.05, 3.63) is 40.8 Å². The molecule has 1 fully saturated rings. The third-order valence-electron chi connectivity index (χ3n) is 3.11. The van der Waals surface area contributed by atoms with Gasteiger partial charge in [0.15, 0.2) is 0 Å². The van der Waals surface area contributed by atoms with Gasteiger partial charge in [0.1, 0.15) is 0 Å². The van der Waals surface area contributed by atoms with Gasteiger partial charge in [0.05, 0.1) is 18.0 Å². The molecule has 0 radical (unpaired) electrons. The molecule has 1 saturated heterocycles. The van der Waals surface area contributed by atoms with Crippen molar-refractivity contribution in [2.24, 2.45) is 0 Å². The molecule has 1 atom stereocenters. The highest BCUT2D eigenvalue weighted by molar-refractivity contribution is 7.89. The fraction of sp³-hybridized carbons (Fsp3) is 0.364. The lowest BCUT2D eigenvalue weighted by Gasteiger charge is -2.06. The summed E-state index contributed by atoms with van der Waals surface area (Å²) in [5.74, 6) is 0.0826. The summed E-state index contributed by atoms with van der Waals surface area (Å²) in [5, 5.41) is 7.59. The second kappa shape index (κ2) is 4.84. The fourth-order valence-electron chi connectivity index (χ4n) is 2.13. The molecule has 1 aromatic heterocycles. The molecule has 0 spiro atoms. The summed E-state index contributed by atoms with van der Waals surface area (Å²) in [6.07, 6.45) is 0.465. The molecule has 2 aromatic rings. The lowest BCUT2D eigenvalue weighted by molar-refractivity contribution is 0.469. The van der Waals surface area contributed by atoms with Crippen LogP contribution in [0, 0.1) is 0 Å². The Bertz CT molecular complexity index is 765. The van der Waals surface area contributed by atoms with Gasteiger partial charge in [0.2, 0.25) is 10.0 Å². The Morgan fingerprint density at radius 3 is 2.65 bits per heavy atom. The minimum atomic E-state index is -3.19. The van der Waals surface area contributed by atoms with Crippen molar-refractivity contribution in [2.75, 3.05) is 5.75 Å². The summed E-state index contributed by atoms with van der Waals surface area (Å²) in [5.41, 5.74) is 0.234. The van der Waals surface area contributed by atoms with Crippen molar-refractivity contribution in [2.45, 2.75) is 19.0 Å². The van der Waals surface area contributed by atoms with Gasteiger partial charge < -0.3 is 0 Å². The molecule has 1 N–H and O–H groups in total. The van der Waals surface area contributed by atoms with Crippen LogP contribution in [-0.2, 0) is 16.6 Å². The van der Waals surface area contributed by atoms with E-state index >= 15 is 0 Å². The molecular formula is C11H13N5O3S. The van der Waals surface area contributed by atoms with Crippen LogP contribution in [0.4, 0.5) is 0 Å². The summed E-state index contributed by atoms with van der Waals surface area (Å²) in [4.78, 5) is 12.1. The van der Waals surface area contributed by atoms with E-state index in [0.29, 0.717) is 12.1 Å². The van der Waals surface area contributed by atoms with Gasteiger partial charge in [0.25, 0.3) is 0 Å². The Kier molecular flexibility index (Phi) is 3.14. The van der Waals surface area contributed by atoms with E-state index in [1.54, 1.807) is 24.3 Å². The van der Waals surface area contributed by atoms with Crippen molar-refractivity contribution < 1.29 is 8.42 Å². The van der Waals surface area contributed by atoms with Crippen LogP contribution in [-0.4, -0.2) is 40.0 Å². The summed E-state index contributed by atoms with van der Waals surface area (Å²) in [6, 6.07) is 8.63. The second-order valence-corrected chi connectivity index (χ2v) is 6.49. The molecule has 2 heterocycles. The lowest BCUT2D eigenvalue weighted by atomic mass is 10.2. The summed E-state index contributed by atoms with van der Waals surface area (Å²) in [7, 11) is -3.19. The van der Waals surface area contributed by atoms with Gasteiger partial charge in [-0.25, -0.2) is 17.9 Å². The van der Waals surface area contributed by atoms with Crippen LogP contribution in [0.25, 0.3) is 5.69 Å². The quantitative estimate of drug-likeness (QED) is 0.793. The molecule has 1 aromatic carbocycles. The van der Waals surface area contributed by atoms with Gasteiger partial charge in [-0.05, 0) is 29.0 Å². The Hall–Kier alpha value is -2.00. The van der Waals surface area contributed by atoms with Crippen LogP contribution in [0.2, 0.25) is 0 Å². The highest BCUT2D eigenvalue weighted by Crippen LogP contribution is 2.08. The fourth-order valence-corrected chi connectivity index (χ4v) is 3.54. The molecule has 0 saturated carbocycles. The number of benzene rings is 1. The van der Waals surface area contributed by atoms with Gasteiger partial charge in [-0.1, -0.05) is 18.2 Å². The second-order valence-electron chi connectivity index (χ2n) is 4.61. The Balaban J connectivity index is 1.83. The van der Waals surface area contributed by atoms with E-state index in [2.05, 4.69) is 15.1 Å². The highest BCUT2D eigenvalue weighted by Gasteiger charge is 2.28. The number of nitrogens with zero attached hydrogens (tertiary/aromatic N) is 4. The lowest BCUT2D eigenvalue weighted by Crippen LogP contribution is -2.34. The van der Waals surface area contributed by atoms with Crippen molar-refractivity contribution >= 4 is 10.0 Å². The zero-order chi connectivity index (χ0) is 14.2. The molecule has 9 heteroatoms. The van der Waals surface area contributed by atoms with Gasteiger partial charge in [-0.15, -0.1) is 0 Å². The van der Waals surface area contributed by atoms with E-state index in [4.69, 9.17) is 0 Å². The van der Waals surface area contributed by atoms with E-state index in [1.165, 1.54) is 9.36 Å². The van der Waals surface area contributed by atoms with Crippen LogP contribution in [0.1, 0.15) is 6.42 Å². The number of rotatable bonds is 3. The predicted octanol–water partition coefficient (Wildman–Crippen LogP) is -0.879. The van der Waals surface area contributed by atoms with E-state index in [-0.39, 0.29) is 24.0 Å². The van der Waals surface area contributed by atoms with Crippen LogP contribution < -0.4 is 10.4 Å². The Labute approximate surface area is 115 Å². The zero-order valence-electron chi connectivity index (χ0n) is 10.5. The molecule has 8 nitrogen and oxygen atoms in total. The molecular weight excluding hydrogens is 282 g/mol. The largest absolute Gasteiger partial charge is 0.368 e. The topological polar surface area (TPSA) is 98.9 Å². The molecule has 1 aliphatic heterocycles. The molecule has 1 unspecified atom stereocenters. The molecule has 106 valence electrons. The average Bonchev–Trinajstić information content (AvgIpc) is 2.95. The normalized spacial score (nSPS) is 21.1. The maximum atomic E-state index is 12.1. The summed E-state index contributed by atoms with van der Waals surface area (Å²) < 4.78 is 27.5. The first kappa shape index (κ1) is 13.0. The van der Waals surface area contributed by atoms with Crippen LogP contribution in [0.15, 0.2) is 35.1 Å². The van der Waals surface area contributed by atoms with Gasteiger partial charge >= 0.3 is 5.69 Å². The predicted molar refractivity (Wildman–Crippen MR) is 70.9 cm³/mol. The first-order chi connectivity index (χ1) is 9.55. The number of tetrazole rings is 1. The smallest absolute Gasteiger partial charge is 0.244 e. The van der Waals surface area contributed by atoms with E-state index < -0.39 is 10.0 Å². The maximum Gasteiger partial charge on any atom is 0.368 e. The molecule has 1 aliphatic rings. The molecule has 0 aliphatic carbocycles. The minimum absolute atomic E-state index is 0.0826. The maximum absolute atomic E-state index is 12.1. The standard InChI is InChI=1S/C11H13N5O3S/c17-11-15(8-9-6-7-20(18,19)12-9)13-14-16(11)10-4-2-1-3-5-10/h1-5,9,12H,6-8H2. The third kappa shape index (κ3) is 2.49. The van der Waals surface area contributed by atoms with Crippen LogP contribution >= 0.6 is 0 Å². The van der Waals surface area contributed by atoms with Crippen molar-refractivity contribution in [1.29, 1.82) is 0 Å². The number of aromatic nitrogens is 4. The third-order valence-corrected chi connectivity index (χ3v) is 4.58. The van der Waals surface area contributed by atoms with Crippen LogP contribution in [0.5, 0.6) is 0 Å². The molecule has 0 amide bonds. The number of hydrogen-bond donors (Lipinski definition) is 1. The monoisotopic (exact) mass is 295 g/mol.